The lowest BCUT2D eigenvalue weighted by Gasteiger charge is -2.12. The molecule has 0 aliphatic carbocycles. The molecule has 0 heterocycles. The van der Waals surface area contributed by atoms with Gasteiger partial charge >= 0.3 is 6.18 Å². The molecule has 0 unspecified atom stereocenters. The summed E-state index contributed by atoms with van der Waals surface area (Å²) < 4.78 is 69.8. The van der Waals surface area contributed by atoms with Crippen molar-refractivity contribution < 1.29 is 31.1 Å². The molecular weight excluding hydrogens is 409 g/mol. The van der Waals surface area contributed by atoms with Crippen LogP contribution in [0.5, 0.6) is 5.75 Å². The summed E-state index contributed by atoms with van der Waals surface area (Å²) >= 11 is 5.50. The molecule has 2 rings (SSSR count). The molecule has 11 heteroatoms. The maximum absolute atomic E-state index is 12.8. The Morgan fingerprint density at radius 2 is 1.89 bits per heavy atom. The topological polar surface area (TPSA) is 84.5 Å². The maximum Gasteiger partial charge on any atom is 0.417 e. The number of amides is 1. The number of hydrogen-bond acceptors (Lipinski definition) is 4. The highest BCUT2D eigenvalue weighted by Gasteiger charge is 2.33. The zero-order valence-electron chi connectivity index (χ0n) is 13.8. The SMILES string of the molecule is COc1cccc(S(=O)(=O)NCC(=O)Nc2ccc(Cl)c(C(F)(F)F)c2)c1. The van der Waals surface area contributed by atoms with E-state index in [4.69, 9.17) is 16.3 Å². The molecule has 146 valence electrons. The first kappa shape index (κ1) is 21.0. The number of nitrogens with one attached hydrogen (secondary N) is 2. The van der Waals surface area contributed by atoms with Crippen molar-refractivity contribution in [3.8, 4) is 5.75 Å². The lowest BCUT2D eigenvalue weighted by molar-refractivity contribution is -0.137. The van der Waals surface area contributed by atoms with E-state index in [-0.39, 0.29) is 10.6 Å². The van der Waals surface area contributed by atoms with Crippen molar-refractivity contribution in [3.05, 3.63) is 53.1 Å². The molecule has 1 amide bonds. The number of rotatable bonds is 6. The largest absolute Gasteiger partial charge is 0.497 e. The van der Waals surface area contributed by atoms with Crippen molar-refractivity contribution in [2.75, 3.05) is 19.0 Å². The van der Waals surface area contributed by atoms with Crippen LogP contribution in [0.1, 0.15) is 5.56 Å². The predicted octanol–water partition coefficient (Wildman–Crippen LogP) is 3.28. The number of alkyl halides is 3. The molecule has 0 radical (unpaired) electrons. The highest BCUT2D eigenvalue weighted by atomic mass is 35.5. The number of benzene rings is 2. The first-order valence-corrected chi connectivity index (χ1v) is 9.19. The Morgan fingerprint density at radius 1 is 1.19 bits per heavy atom. The van der Waals surface area contributed by atoms with Crippen LogP contribution in [0.2, 0.25) is 5.02 Å². The number of hydrogen-bond donors (Lipinski definition) is 2. The minimum atomic E-state index is -4.69. The smallest absolute Gasteiger partial charge is 0.417 e. The molecule has 0 spiro atoms. The van der Waals surface area contributed by atoms with Crippen LogP contribution in [-0.2, 0) is 21.0 Å². The lowest BCUT2D eigenvalue weighted by Crippen LogP contribution is -2.33. The van der Waals surface area contributed by atoms with Gasteiger partial charge in [-0.15, -0.1) is 0 Å². The van der Waals surface area contributed by atoms with Gasteiger partial charge in [-0.3, -0.25) is 4.79 Å². The Kier molecular flexibility index (Phi) is 6.34. The fourth-order valence-electron chi connectivity index (χ4n) is 2.04. The second kappa shape index (κ2) is 8.15. The third kappa shape index (κ3) is 5.59. The predicted molar refractivity (Wildman–Crippen MR) is 93.3 cm³/mol. The molecule has 0 saturated heterocycles. The van der Waals surface area contributed by atoms with Crippen molar-refractivity contribution in [2.24, 2.45) is 0 Å². The summed E-state index contributed by atoms with van der Waals surface area (Å²) in [4.78, 5) is 11.8. The molecule has 27 heavy (non-hydrogen) atoms. The third-order valence-corrected chi connectivity index (χ3v) is 5.06. The molecule has 2 aromatic rings. The van der Waals surface area contributed by atoms with Gasteiger partial charge in [-0.05, 0) is 30.3 Å². The first-order valence-electron chi connectivity index (χ1n) is 7.33. The Bertz CT molecular complexity index is 949. The normalized spacial score (nSPS) is 11.9. The van der Waals surface area contributed by atoms with Crippen LogP contribution in [0.15, 0.2) is 47.4 Å². The van der Waals surface area contributed by atoms with Gasteiger partial charge in [0.2, 0.25) is 15.9 Å². The van der Waals surface area contributed by atoms with Crippen molar-refractivity contribution in [2.45, 2.75) is 11.1 Å². The van der Waals surface area contributed by atoms with E-state index in [0.29, 0.717) is 11.8 Å². The van der Waals surface area contributed by atoms with Gasteiger partial charge in [0.05, 0.1) is 29.1 Å². The second-order valence-electron chi connectivity index (χ2n) is 5.24. The van der Waals surface area contributed by atoms with Gasteiger partial charge < -0.3 is 10.1 Å². The van der Waals surface area contributed by atoms with E-state index >= 15 is 0 Å². The quantitative estimate of drug-likeness (QED) is 0.748. The monoisotopic (exact) mass is 422 g/mol. The molecule has 0 saturated carbocycles. The first-order chi connectivity index (χ1) is 12.5. The van der Waals surface area contributed by atoms with Gasteiger partial charge in [-0.25, -0.2) is 13.1 Å². The Labute approximate surface area is 158 Å². The van der Waals surface area contributed by atoms with E-state index in [1.54, 1.807) is 6.07 Å². The van der Waals surface area contributed by atoms with E-state index in [1.165, 1.54) is 31.4 Å². The second-order valence-corrected chi connectivity index (χ2v) is 7.42. The molecule has 2 N–H and O–H groups in total. The van der Waals surface area contributed by atoms with Crippen molar-refractivity contribution >= 4 is 33.2 Å². The van der Waals surface area contributed by atoms with Crippen molar-refractivity contribution in [1.82, 2.24) is 4.72 Å². The Morgan fingerprint density at radius 3 is 2.52 bits per heavy atom. The van der Waals surface area contributed by atoms with E-state index < -0.39 is 39.2 Å². The summed E-state index contributed by atoms with van der Waals surface area (Å²) in [5, 5.41) is 1.66. The van der Waals surface area contributed by atoms with E-state index in [2.05, 4.69) is 10.0 Å². The highest BCUT2D eigenvalue weighted by Crippen LogP contribution is 2.36. The van der Waals surface area contributed by atoms with Crippen LogP contribution < -0.4 is 14.8 Å². The zero-order chi connectivity index (χ0) is 20.2. The molecule has 2 aromatic carbocycles. The Balaban J connectivity index is 2.06. The summed E-state index contributed by atoms with van der Waals surface area (Å²) in [6.07, 6.45) is -4.69. The Hall–Kier alpha value is -2.30. The van der Waals surface area contributed by atoms with Crippen LogP contribution in [0.3, 0.4) is 0 Å². The highest BCUT2D eigenvalue weighted by molar-refractivity contribution is 7.89. The number of sulfonamides is 1. The van der Waals surface area contributed by atoms with Crippen LogP contribution >= 0.6 is 11.6 Å². The summed E-state index contributed by atoms with van der Waals surface area (Å²) in [5.74, 6) is -0.542. The minimum Gasteiger partial charge on any atom is -0.497 e. The fourth-order valence-corrected chi connectivity index (χ4v) is 3.28. The number of methoxy groups -OCH3 is 1. The van der Waals surface area contributed by atoms with Gasteiger partial charge in [0, 0.05) is 11.8 Å². The fraction of sp³-hybridized carbons (Fsp3) is 0.188. The van der Waals surface area contributed by atoms with Gasteiger partial charge in [0.25, 0.3) is 0 Å². The molecular formula is C16H14ClF3N2O4S. The van der Waals surface area contributed by atoms with Gasteiger partial charge in [0.15, 0.2) is 0 Å². The summed E-state index contributed by atoms with van der Waals surface area (Å²) in [5.41, 5.74) is -1.28. The average molecular weight is 423 g/mol. The molecule has 0 fully saturated rings. The standard InChI is InChI=1S/C16H14ClF3N2O4S/c1-26-11-3-2-4-12(8-11)27(24,25)21-9-15(23)22-10-5-6-14(17)13(7-10)16(18,19)20/h2-8,21H,9H2,1H3,(H,22,23). The van der Waals surface area contributed by atoms with Crippen molar-refractivity contribution in [1.29, 1.82) is 0 Å². The summed E-state index contributed by atoms with van der Waals surface area (Å²) in [7, 11) is -2.64. The lowest BCUT2D eigenvalue weighted by atomic mass is 10.2. The third-order valence-electron chi connectivity index (χ3n) is 3.33. The van der Waals surface area contributed by atoms with E-state index in [0.717, 1.165) is 6.07 Å². The average Bonchev–Trinajstić information content (AvgIpc) is 2.61. The van der Waals surface area contributed by atoms with Gasteiger partial charge in [-0.2, -0.15) is 13.2 Å². The van der Waals surface area contributed by atoms with Crippen LogP contribution in [-0.4, -0.2) is 28.0 Å². The van der Waals surface area contributed by atoms with E-state index in [9.17, 15) is 26.4 Å². The summed E-state index contributed by atoms with van der Waals surface area (Å²) in [6, 6.07) is 8.39. The maximum atomic E-state index is 12.8. The number of halogens is 4. The molecule has 0 aliphatic heterocycles. The van der Waals surface area contributed by atoms with Gasteiger partial charge in [0.1, 0.15) is 5.75 Å². The molecule has 0 bridgehead atoms. The molecule has 0 aromatic heterocycles. The van der Waals surface area contributed by atoms with E-state index in [1.807, 2.05) is 0 Å². The summed E-state index contributed by atoms with van der Waals surface area (Å²) in [6.45, 7) is -0.677. The van der Waals surface area contributed by atoms with Crippen LogP contribution in [0, 0.1) is 0 Å². The minimum absolute atomic E-state index is 0.125. The molecule has 0 atom stereocenters. The van der Waals surface area contributed by atoms with Crippen LogP contribution in [0.25, 0.3) is 0 Å². The molecule has 0 aliphatic rings. The number of carbonyl (C=O) groups is 1. The van der Waals surface area contributed by atoms with Crippen molar-refractivity contribution in [3.63, 3.8) is 0 Å². The van der Waals surface area contributed by atoms with Gasteiger partial charge in [-0.1, -0.05) is 17.7 Å². The number of ether oxygens (including phenoxy) is 1. The molecule has 6 nitrogen and oxygen atoms in total. The zero-order valence-corrected chi connectivity index (χ0v) is 15.4. The van der Waals surface area contributed by atoms with Crippen LogP contribution in [0.4, 0.5) is 18.9 Å². The number of carbonyl (C=O) groups excluding carboxylic acids is 1. The number of anilines is 1.